The molecule has 0 fully saturated rings. The van der Waals surface area contributed by atoms with Crippen molar-refractivity contribution in [2.45, 2.75) is 13.8 Å². The van der Waals surface area contributed by atoms with Gasteiger partial charge in [-0.15, -0.1) is 0 Å². The Bertz CT molecular complexity index is 3580. The molecule has 3 heteroatoms. The number of benzene rings is 11. The molecule has 0 aliphatic rings. The lowest BCUT2D eigenvalue weighted by atomic mass is 9.84. The molecule has 1 aromatic heterocycles. The number of anilines is 6. The summed E-state index contributed by atoms with van der Waals surface area (Å²) in [4.78, 5) is 4.89. The van der Waals surface area contributed by atoms with E-state index in [9.17, 15) is 0 Å². The molecule has 0 atom stereocenters. The monoisotopic (exact) mass is 754 g/mol. The molecule has 0 amide bonds. The van der Waals surface area contributed by atoms with Crippen LogP contribution >= 0.6 is 0 Å². The maximum atomic E-state index is 6.75. The van der Waals surface area contributed by atoms with Crippen molar-refractivity contribution in [3.05, 3.63) is 205 Å². The largest absolute Gasteiger partial charge is 0.454 e. The number of para-hydroxylation sites is 4. The highest BCUT2D eigenvalue weighted by molar-refractivity contribution is 6.38. The predicted molar refractivity (Wildman–Crippen MR) is 251 cm³/mol. The molecule has 0 saturated heterocycles. The van der Waals surface area contributed by atoms with Gasteiger partial charge in [0.2, 0.25) is 0 Å². The van der Waals surface area contributed by atoms with Crippen LogP contribution in [-0.2, 0) is 0 Å². The van der Waals surface area contributed by atoms with E-state index in [-0.39, 0.29) is 0 Å². The van der Waals surface area contributed by atoms with E-state index in [1.807, 2.05) is 6.07 Å². The van der Waals surface area contributed by atoms with E-state index in [1.54, 1.807) is 0 Å². The zero-order valence-electron chi connectivity index (χ0n) is 32.8. The smallest absolute Gasteiger partial charge is 0.159 e. The van der Waals surface area contributed by atoms with Gasteiger partial charge >= 0.3 is 0 Å². The quantitative estimate of drug-likeness (QED) is 0.124. The molecule has 0 radical (unpaired) electrons. The van der Waals surface area contributed by atoms with Gasteiger partial charge < -0.3 is 14.2 Å². The van der Waals surface area contributed by atoms with Crippen LogP contribution in [0.3, 0.4) is 0 Å². The minimum absolute atomic E-state index is 0.873. The fourth-order valence-electron chi connectivity index (χ4n) is 9.88. The summed E-state index contributed by atoms with van der Waals surface area (Å²) in [7, 11) is 0. The Labute approximate surface area is 341 Å². The van der Waals surface area contributed by atoms with Crippen LogP contribution in [0, 0.1) is 13.8 Å². The van der Waals surface area contributed by atoms with Crippen LogP contribution in [0.5, 0.6) is 0 Å². The molecule has 0 spiro atoms. The first-order chi connectivity index (χ1) is 29.1. The van der Waals surface area contributed by atoms with E-state index < -0.39 is 0 Å². The highest BCUT2D eigenvalue weighted by Gasteiger charge is 2.27. The Kier molecular flexibility index (Phi) is 7.36. The Morgan fingerprint density at radius 3 is 1.61 bits per heavy atom. The van der Waals surface area contributed by atoms with Gasteiger partial charge in [0.05, 0.1) is 22.7 Å². The van der Waals surface area contributed by atoms with E-state index in [2.05, 4.69) is 212 Å². The maximum absolute atomic E-state index is 6.75. The van der Waals surface area contributed by atoms with Crippen LogP contribution in [0.4, 0.5) is 34.1 Å². The minimum Gasteiger partial charge on any atom is -0.454 e. The summed E-state index contributed by atoms with van der Waals surface area (Å²) >= 11 is 0. The van der Waals surface area contributed by atoms with Crippen LogP contribution in [0.2, 0.25) is 0 Å². The zero-order valence-corrected chi connectivity index (χ0v) is 32.8. The van der Waals surface area contributed by atoms with E-state index in [0.717, 1.165) is 56.1 Å². The molecule has 0 aliphatic heterocycles. The second kappa shape index (κ2) is 13.0. The molecule has 59 heavy (non-hydrogen) atoms. The third kappa shape index (κ3) is 4.95. The number of fused-ring (bicyclic) bond motifs is 7. The first-order valence-electron chi connectivity index (χ1n) is 20.4. The van der Waals surface area contributed by atoms with Crippen molar-refractivity contribution >= 4 is 110 Å². The number of hydrogen-bond donors (Lipinski definition) is 0. The van der Waals surface area contributed by atoms with Crippen molar-refractivity contribution in [2.24, 2.45) is 0 Å². The van der Waals surface area contributed by atoms with Crippen molar-refractivity contribution in [3.63, 3.8) is 0 Å². The van der Waals surface area contributed by atoms with Crippen molar-refractivity contribution < 1.29 is 4.42 Å². The van der Waals surface area contributed by atoms with Crippen LogP contribution < -0.4 is 9.80 Å². The molecule has 0 N–H and O–H groups in total. The zero-order chi connectivity index (χ0) is 39.2. The van der Waals surface area contributed by atoms with E-state index in [0.29, 0.717) is 0 Å². The summed E-state index contributed by atoms with van der Waals surface area (Å²) < 4.78 is 6.75. The van der Waals surface area contributed by atoms with Gasteiger partial charge in [0.15, 0.2) is 5.58 Å². The van der Waals surface area contributed by atoms with Crippen molar-refractivity contribution in [2.75, 3.05) is 9.80 Å². The lowest BCUT2D eigenvalue weighted by Crippen LogP contribution is -2.13. The van der Waals surface area contributed by atoms with Gasteiger partial charge in [-0.05, 0) is 107 Å². The number of hydrogen-bond acceptors (Lipinski definition) is 3. The van der Waals surface area contributed by atoms with Crippen LogP contribution in [0.15, 0.2) is 199 Å². The highest BCUT2D eigenvalue weighted by atomic mass is 16.3. The van der Waals surface area contributed by atoms with Gasteiger partial charge in [-0.2, -0.15) is 0 Å². The Morgan fingerprint density at radius 1 is 0.322 bits per heavy atom. The van der Waals surface area contributed by atoms with Crippen molar-refractivity contribution in [3.8, 4) is 0 Å². The second-order valence-corrected chi connectivity index (χ2v) is 15.7. The van der Waals surface area contributed by atoms with Gasteiger partial charge in [-0.25, -0.2) is 0 Å². The lowest BCUT2D eigenvalue weighted by Gasteiger charge is -2.31. The summed E-state index contributed by atoms with van der Waals surface area (Å²) in [5.41, 5.74) is 10.9. The van der Waals surface area contributed by atoms with Crippen molar-refractivity contribution in [1.82, 2.24) is 0 Å². The number of nitrogens with zero attached hydrogens (tertiary/aromatic N) is 2. The second-order valence-electron chi connectivity index (χ2n) is 15.7. The van der Waals surface area contributed by atoms with Gasteiger partial charge in [0.1, 0.15) is 5.58 Å². The molecule has 3 nitrogen and oxygen atoms in total. The SMILES string of the molecule is Cc1cc(N(c2ccccc2)c2cccc3ccccc23)c2c3ccccc3c3c(C)cc(N(c4ccccc4)c4cccc5c4oc4ccccc45)c4ccc1c2c43. The van der Waals surface area contributed by atoms with Gasteiger partial charge in [-0.3, -0.25) is 0 Å². The fourth-order valence-corrected chi connectivity index (χ4v) is 9.88. The minimum atomic E-state index is 0.873. The fraction of sp³-hybridized carbons (Fsp3) is 0.0357. The predicted octanol–water partition coefficient (Wildman–Crippen LogP) is 16.3. The molecule has 0 saturated carbocycles. The summed E-state index contributed by atoms with van der Waals surface area (Å²) in [6.45, 7) is 4.56. The summed E-state index contributed by atoms with van der Waals surface area (Å²) in [6, 6.07) is 70.4. The molecule has 0 bridgehead atoms. The van der Waals surface area contributed by atoms with Crippen LogP contribution in [0.25, 0.3) is 75.8 Å². The average molecular weight is 755 g/mol. The molecule has 12 rings (SSSR count). The first-order valence-corrected chi connectivity index (χ1v) is 20.4. The van der Waals surface area contributed by atoms with Crippen LogP contribution in [-0.4, -0.2) is 0 Å². The van der Waals surface area contributed by atoms with Gasteiger partial charge in [0, 0.05) is 49.1 Å². The van der Waals surface area contributed by atoms with E-state index in [4.69, 9.17) is 4.42 Å². The highest BCUT2D eigenvalue weighted by Crippen LogP contribution is 2.53. The summed E-state index contributed by atoms with van der Waals surface area (Å²) in [5, 5.41) is 14.7. The third-order valence-electron chi connectivity index (χ3n) is 12.4. The van der Waals surface area contributed by atoms with Gasteiger partial charge in [0.25, 0.3) is 0 Å². The first kappa shape index (κ1) is 33.5. The third-order valence-corrected chi connectivity index (χ3v) is 12.4. The van der Waals surface area contributed by atoms with Crippen molar-refractivity contribution in [1.29, 1.82) is 0 Å². The molecular formula is C56H38N2O. The van der Waals surface area contributed by atoms with E-state index >= 15 is 0 Å². The average Bonchev–Trinajstić information content (AvgIpc) is 3.67. The molecule has 11 aromatic carbocycles. The van der Waals surface area contributed by atoms with Gasteiger partial charge in [-0.1, -0.05) is 140 Å². The number of rotatable bonds is 6. The molecule has 278 valence electrons. The Hall–Kier alpha value is -7.62. The topological polar surface area (TPSA) is 19.6 Å². The molecule has 0 aliphatic carbocycles. The standard InChI is InChI=1S/C56H38N2O/c1-35-33-50(57(38-19-5-3-6-20-38)47-28-15-18-37-17-9-10-23-41(37)47)53-44-26-12-11-25-43(44)52-36(2)34-49(46-32-31-40(35)54(53)55(46)52)58(39-21-7-4-8-22-39)48-29-16-27-45-42-24-13-14-30-51(42)59-56(45)48/h3-34H,1-2H3. The summed E-state index contributed by atoms with van der Waals surface area (Å²) in [5.74, 6) is 0. The number of aryl methyl sites for hydroxylation is 2. The lowest BCUT2D eigenvalue weighted by molar-refractivity contribution is 0.669. The molecule has 12 aromatic rings. The molecular weight excluding hydrogens is 717 g/mol. The van der Waals surface area contributed by atoms with E-state index in [1.165, 1.54) is 65.0 Å². The molecule has 0 unspecified atom stereocenters. The summed E-state index contributed by atoms with van der Waals surface area (Å²) in [6.07, 6.45) is 0. The number of furan rings is 1. The van der Waals surface area contributed by atoms with Crippen LogP contribution in [0.1, 0.15) is 11.1 Å². The molecule has 1 heterocycles. The Balaban J connectivity index is 1.24. The maximum Gasteiger partial charge on any atom is 0.159 e. The Morgan fingerprint density at radius 2 is 0.847 bits per heavy atom. The normalized spacial score (nSPS) is 11.9.